The molecule has 0 saturated heterocycles. The molecular weight excluding hydrogens is 162 g/mol. The predicted octanol–water partition coefficient (Wildman–Crippen LogP) is 1.81. The van der Waals surface area contributed by atoms with Crippen LogP contribution in [0.2, 0.25) is 0 Å². The van der Waals surface area contributed by atoms with Crippen LogP contribution in [0.15, 0.2) is 30.9 Å². The van der Waals surface area contributed by atoms with Gasteiger partial charge >= 0.3 is 0 Å². The molecule has 0 bridgehead atoms. The van der Waals surface area contributed by atoms with E-state index < -0.39 is 0 Å². The van der Waals surface area contributed by atoms with Crippen LogP contribution in [0.5, 0.6) is 5.75 Å². The number of hydrogen-bond acceptors (Lipinski definition) is 2. The molecule has 0 aromatic heterocycles. The quantitative estimate of drug-likeness (QED) is 0.696. The van der Waals surface area contributed by atoms with E-state index in [0.717, 1.165) is 24.3 Å². The van der Waals surface area contributed by atoms with Gasteiger partial charge in [0.25, 0.3) is 0 Å². The van der Waals surface area contributed by atoms with Crippen molar-refractivity contribution in [1.29, 1.82) is 0 Å². The zero-order chi connectivity index (χ0) is 9.26. The van der Waals surface area contributed by atoms with Crippen LogP contribution < -0.4 is 10.5 Å². The lowest BCUT2D eigenvalue weighted by Gasteiger charge is -2.07. The van der Waals surface area contributed by atoms with E-state index in [-0.39, 0.29) is 6.04 Å². The molecule has 13 heavy (non-hydrogen) atoms. The lowest BCUT2D eigenvalue weighted by Crippen LogP contribution is -2.06. The number of ether oxygens (including phenoxy) is 1. The Hall–Kier alpha value is -1.28. The maximum Gasteiger partial charge on any atom is 0.122 e. The van der Waals surface area contributed by atoms with Crippen LogP contribution in [0.4, 0.5) is 0 Å². The average Bonchev–Trinajstić information content (AvgIpc) is 2.63. The normalized spacial score (nSPS) is 16.1. The molecule has 0 unspecified atom stereocenters. The molecule has 2 heteroatoms. The fourth-order valence-electron chi connectivity index (χ4n) is 1.55. The largest absolute Gasteiger partial charge is 0.493 e. The molecule has 1 aliphatic heterocycles. The molecule has 2 N–H and O–H groups in total. The van der Waals surface area contributed by atoms with Gasteiger partial charge in [-0.3, -0.25) is 0 Å². The van der Waals surface area contributed by atoms with Crippen LogP contribution in [-0.2, 0) is 6.42 Å². The Kier molecular flexibility index (Phi) is 2.07. The van der Waals surface area contributed by atoms with Gasteiger partial charge in [-0.2, -0.15) is 0 Å². The maximum atomic E-state index is 5.83. The Morgan fingerprint density at radius 2 is 2.38 bits per heavy atom. The van der Waals surface area contributed by atoms with Gasteiger partial charge in [0.15, 0.2) is 0 Å². The van der Waals surface area contributed by atoms with Crippen LogP contribution in [0.25, 0.3) is 0 Å². The van der Waals surface area contributed by atoms with Crippen molar-refractivity contribution in [3.63, 3.8) is 0 Å². The molecule has 0 amide bonds. The van der Waals surface area contributed by atoms with Crippen molar-refractivity contribution in [2.45, 2.75) is 12.5 Å². The van der Waals surface area contributed by atoms with Gasteiger partial charge < -0.3 is 10.5 Å². The monoisotopic (exact) mass is 175 g/mol. The van der Waals surface area contributed by atoms with Gasteiger partial charge in [-0.1, -0.05) is 18.2 Å². The first-order chi connectivity index (χ1) is 6.31. The summed E-state index contributed by atoms with van der Waals surface area (Å²) < 4.78 is 5.40. The minimum Gasteiger partial charge on any atom is -0.493 e. The number of benzene rings is 1. The topological polar surface area (TPSA) is 35.2 Å². The van der Waals surface area contributed by atoms with Gasteiger partial charge in [0.2, 0.25) is 0 Å². The minimum absolute atomic E-state index is 0.0640. The second kappa shape index (κ2) is 3.23. The second-order valence-corrected chi connectivity index (χ2v) is 3.23. The zero-order valence-corrected chi connectivity index (χ0v) is 7.49. The number of rotatable bonds is 2. The lowest BCUT2D eigenvalue weighted by molar-refractivity contribution is 0.357. The highest BCUT2D eigenvalue weighted by Crippen LogP contribution is 2.27. The minimum atomic E-state index is -0.0640. The van der Waals surface area contributed by atoms with E-state index >= 15 is 0 Å². The van der Waals surface area contributed by atoms with Crippen molar-refractivity contribution < 1.29 is 4.74 Å². The summed E-state index contributed by atoms with van der Waals surface area (Å²) in [5, 5.41) is 0. The molecule has 2 nitrogen and oxygen atoms in total. The third-order valence-corrected chi connectivity index (χ3v) is 2.35. The Balaban J connectivity index is 2.35. The molecule has 2 rings (SSSR count). The summed E-state index contributed by atoms with van der Waals surface area (Å²) in [5.41, 5.74) is 8.20. The average molecular weight is 175 g/mol. The van der Waals surface area contributed by atoms with Crippen molar-refractivity contribution in [3.8, 4) is 5.75 Å². The maximum absolute atomic E-state index is 5.83. The molecule has 1 atom stereocenters. The summed E-state index contributed by atoms with van der Waals surface area (Å²) in [5.74, 6) is 1.00. The van der Waals surface area contributed by atoms with Crippen molar-refractivity contribution in [1.82, 2.24) is 0 Å². The summed E-state index contributed by atoms with van der Waals surface area (Å²) in [7, 11) is 0. The van der Waals surface area contributed by atoms with E-state index in [9.17, 15) is 0 Å². The Morgan fingerprint density at radius 3 is 3.15 bits per heavy atom. The molecule has 0 fully saturated rings. The fraction of sp³-hybridized carbons (Fsp3) is 0.273. The molecule has 1 heterocycles. The third kappa shape index (κ3) is 1.45. The fourth-order valence-corrected chi connectivity index (χ4v) is 1.55. The first-order valence-corrected chi connectivity index (χ1v) is 4.45. The summed E-state index contributed by atoms with van der Waals surface area (Å²) in [6.45, 7) is 4.47. The second-order valence-electron chi connectivity index (χ2n) is 3.23. The third-order valence-electron chi connectivity index (χ3n) is 2.35. The van der Waals surface area contributed by atoms with Crippen molar-refractivity contribution >= 4 is 0 Å². The Labute approximate surface area is 78.0 Å². The highest BCUT2D eigenvalue weighted by atomic mass is 16.5. The molecule has 1 aliphatic rings. The number of hydrogen-bond donors (Lipinski definition) is 1. The van der Waals surface area contributed by atoms with Gasteiger partial charge in [0, 0.05) is 12.5 Å². The van der Waals surface area contributed by atoms with Gasteiger partial charge in [0.1, 0.15) is 5.75 Å². The van der Waals surface area contributed by atoms with Gasteiger partial charge in [-0.25, -0.2) is 0 Å². The molecule has 68 valence electrons. The highest BCUT2D eigenvalue weighted by Gasteiger charge is 2.13. The Morgan fingerprint density at radius 1 is 1.54 bits per heavy atom. The molecule has 0 spiro atoms. The van der Waals surface area contributed by atoms with Crippen LogP contribution in [0.3, 0.4) is 0 Å². The summed E-state index contributed by atoms with van der Waals surface area (Å²) in [6, 6.07) is 6.03. The lowest BCUT2D eigenvalue weighted by atomic mass is 10.0. The van der Waals surface area contributed by atoms with Crippen molar-refractivity contribution in [2.24, 2.45) is 5.73 Å². The van der Waals surface area contributed by atoms with E-state index in [4.69, 9.17) is 10.5 Å². The first-order valence-electron chi connectivity index (χ1n) is 4.45. The highest BCUT2D eigenvalue weighted by molar-refractivity contribution is 5.41. The van der Waals surface area contributed by atoms with Crippen LogP contribution in [0.1, 0.15) is 17.2 Å². The summed E-state index contributed by atoms with van der Waals surface area (Å²) in [6.07, 6.45) is 2.74. The molecule has 0 radical (unpaired) electrons. The van der Waals surface area contributed by atoms with Crippen LogP contribution in [0, 0.1) is 0 Å². The molecule has 1 aromatic carbocycles. The van der Waals surface area contributed by atoms with Crippen molar-refractivity contribution in [2.75, 3.05) is 6.61 Å². The van der Waals surface area contributed by atoms with Gasteiger partial charge in [0.05, 0.1) is 6.61 Å². The van der Waals surface area contributed by atoms with Crippen LogP contribution >= 0.6 is 0 Å². The van der Waals surface area contributed by atoms with Crippen LogP contribution in [-0.4, -0.2) is 6.61 Å². The first kappa shape index (κ1) is 8.32. The standard InChI is InChI=1S/C11H13NO/c1-2-10(12)8-3-4-11-9(7-8)5-6-13-11/h2-4,7,10H,1,5-6,12H2/t10-/m1/s1. The zero-order valence-electron chi connectivity index (χ0n) is 7.49. The molecule has 0 aliphatic carbocycles. The van der Waals surface area contributed by atoms with Crippen molar-refractivity contribution in [3.05, 3.63) is 42.0 Å². The van der Waals surface area contributed by atoms with E-state index in [2.05, 4.69) is 12.6 Å². The number of fused-ring (bicyclic) bond motifs is 1. The van der Waals surface area contributed by atoms with E-state index in [1.165, 1.54) is 5.56 Å². The predicted molar refractivity (Wildman–Crippen MR) is 52.8 cm³/mol. The van der Waals surface area contributed by atoms with E-state index in [1.54, 1.807) is 6.08 Å². The summed E-state index contributed by atoms with van der Waals surface area (Å²) in [4.78, 5) is 0. The molecule has 0 saturated carbocycles. The Bertz CT molecular complexity index is 333. The van der Waals surface area contributed by atoms with E-state index in [1.807, 2.05) is 12.1 Å². The van der Waals surface area contributed by atoms with E-state index in [0.29, 0.717) is 0 Å². The smallest absolute Gasteiger partial charge is 0.122 e. The number of nitrogens with two attached hydrogens (primary N) is 1. The van der Waals surface area contributed by atoms with Gasteiger partial charge in [-0.05, 0) is 17.2 Å². The SMILES string of the molecule is C=C[C@@H](N)c1ccc2c(c1)CCO2. The van der Waals surface area contributed by atoms with Gasteiger partial charge in [-0.15, -0.1) is 6.58 Å². The molecular formula is C11H13NO. The summed E-state index contributed by atoms with van der Waals surface area (Å²) >= 11 is 0. The molecule has 1 aromatic rings.